The SMILES string of the molecule is CC(C)C1(C(C)C)CN(C)C1=O. The summed E-state index contributed by atoms with van der Waals surface area (Å²) in [6.45, 7) is 9.51. The van der Waals surface area contributed by atoms with E-state index in [1.165, 1.54) is 0 Å². The lowest BCUT2D eigenvalue weighted by molar-refractivity contribution is -0.168. The van der Waals surface area contributed by atoms with Crippen LogP contribution in [-0.4, -0.2) is 24.4 Å². The van der Waals surface area contributed by atoms with E-state index in [0.717, 1.165) is 6.54 Å². The van der Waals surface area contributed by atoms with Gasteiger partial charge in [-0.15, -0.1) is 0 Å². The predicted octanol–water partition coefficient (Wildman–Crippen LogP) is 1.76. The van der Waals surface area contributed by atoms with Crippen LogP contribution in [0.25, 0.3) is 0 Å². The van der Waals surface area contributed by atoms with Crippen molar-refractivity contribution in [2.45, 2.75) is 27.7 Å². The minimum atomic E-state index is -0.0608. The number of nitrogens with zero attached hydrogens (tertiary/aromatic N) is 1. The topological polar surface area (TPSA) is 20.3 Å². The van der Waals surface area contributed by atoms with Gasteiger partial charge in [-0.3, -0.25) is 4.79 Å². The third-order valence-electron chi connectivity index (χ3n) is 3.30. The summed E-state index contributed by atoms with van der Waals surface area (Å²) in [7, 11) is 1.88. The highest BCUT2D eigenvalue weighted by molar-refractivity contribution is 5.89. The van der Waals surface area contributed by atoms with Crippen LogP contribution >= 0.6 is 0 Å². The normalized spacial score (nSPS) is 21.9. The molecule has 1 saturated heterocycles. The second-order valence-electron chi connectivity index (χ2n) is 4.51. The molecular formula is C10H19NO. The fourth-order valence-electron chi connectivity index (χ4n) is 2.32. The Morgan fingerprint density at radius 2 is 1.67 bits per heavy atom. The van der Waals surface area contributed by atoms with Crippen LogP contribution in [0, 0.1) is 17.3 Å². The maximum atomic E-state index is 11.7. The van der Waals surface area contributed by atoms with Gasteiger partial charge in [-0.05, 0) is 11.8 Å². The van der Waals surface area contributed by atoms with Crippen molar-refractivity contribution in [1.82, 2.24) is 4.90 Å². The van der Waals surface area contributed by atoms with Gasteiger partial charge in [0.2, 0.25) is 5.91 Å². The number of rotatable bonds is 2. The van der Waals surface area contributed by atoms with Crippen molar-refractivity contribution >= 4 is 5.91 Å². The van der Waals surface area contributed by atoms with Crippen molar-refractivity contribution in [3.63, 3.8) is 0 Å². The van der Waals surface area contributed by atoms with Gasteiger partial charge in [-0.1, -0.05) is 27.7 Å². The summed E-state index contributed by atoms with van der Waals surface area (Å²) in [6, 6.07) is 0. The van der Waals surface area contributed by atoms with E-state index < -0.39 is 0 Å². The zero-order valence-electron chi connectivity index (χ0n) is 8.72. The van der Waals surface area contributed by atoms with Crippen LogP contribution in [0.2, 0.25) is 0 Å². The highest BCUT2D eigenvalue weighted by atomic mass is 16.2. The van der Waals surface area contributed by atoms with E-state index in [0.29, 0.717) is 17.7 Å². The number of carbonyl (C=O) groups excluding carboxylic acids is 1. The van der Waals surface area contributed by atoms with E-state index in [9.17, 15) is 4.79 Å². The molecule has 12 heavy (non-hydrogen) atoms. The van der Waals surface area contributed by atoms with Crippen LogP contribution in [0.15, 0.2) is 0 Å². The zero-order valence-corrected chi connectivity index (χ0v) is 8.72. The van der Waals surface area contributed by atoms with E-state index in [1.807, 2.05) is 11.9 Å². The van der Waals surface area contributed by atoms with Crippen molar-refractivity contribution in [3.05, 3.63) is 0 Å². The molecule has 0 aromatic rings. The Morgan fingerprint density at radius 3 is 1.75 bits per heavy atom. The third-order valence-corrected chi connectivity index (χ3v) is 3.30. The molecule has 0 N–H and O–H groups in total. The Balaban J connectivity index is 2.85. The van der Waals surface area contributed by atoms with Crippen molar-refractivity contribution in [3.8, 4) is 0 Å². The summed E-state index contributed by atoms with van der Waals surface area (Å²) in [5.41, 5.74) is -0.0608. The van der Waals surface area contributed by atoms with Gasteiger partial charge in [0.1, 0.15) is 0 Å². The average molecular weight is 169 g/mol. The number of carbonyl (C=O) groups is 1. The van der Waals surface area contributed by atoms with Crippen LogP contribution in [0.4, 0.5) is 0 Å². The molecule has 1 rings (SSSR count). The molecule has 2 nitrogen and oxygen atoms in total. The molecular weight excluding hydrogens is 150 g/mol. The monoisotopic (exact) mass is 169 g/mol. The summed E-state index contributed by atoms with van der Waals surface area (Å²) in [4.78, 5) is 13.5. The molecule has 70 valence electrons. The van der Waals surface area contributed by atoms with Gasteiger partial charge in [-0.25, -0.2) is 0 Å². The van der Waals surface area contributed by atoms with Crippen LogP contribution in [0.5, 0.6) is 0 Å². The molecule has 0 radical (unpaired) electrons. The van der Waals surface area contributed by atoms with Gasteiger partial charge in [0.05, 0.1) is 5.41 Å². The van der Waals surface area contributed by atoms with Gasteiger partial charge in [0.25, 0.3) is 0 Å². The number of β-lactam (4-membered cyclic amide) rings is 1. The third kappa shape index (κ3) is 0.970. The number of likely N-dealkylation sites (tertiary alicyclic amines) is 1. The molecule has 0 atom stereocenters. The Labute approximate surface area is 74.9 Å². The van der Waals surface area contributed by atoms with Gasteiger partial charge in [0, 0.05) is 13.6 Å². The molecule has 1 aliphatic rings. The smallest absolute Gasteiger partial charge is 0.230 e. The quantitative estimate of drug-likeness (QED) is 0.577. The molecule has 0 aromatic heterocycles. The Kier molecular flexibility index (Phi) is 2.19. The summed E-state index contributed by atoms with van der Waals surface area (Å²) in [6.07, 6.45) is 0. The first-order valence-corrected chi connectivity index (χ1v) is 4.68. The Hall–Kier alpha value is -0.530. The summed E-state index contributed by atoms with van der Waals surface area (Å²) >= 11 is 0. The molecule has 0 aliphatic carbocycles. The largest absolute Gasteiger partial charge is 0.344 e. The van der Waals surface area contributed by atoms with Crippen molar-refractivity contribution in [2.24, 2.45) is 17.3 Å². The minimum Gasteiger partial charge on any atom is -0.344 e. The van der Waals surface area contributed by atoms with Crippen LogP contribution in [0.1, 0.15) is 27.7 Å². The molecule has 2 heteroatoms. The van der Waals surface area contributed by atoms with Crippen molar-refractivity contribution in [1.29, 1.82) is 0 Å². The predicted molar refractivity (Wildman–Crippen MR) is 49.7 cm³/mol. The lowest BCUT2D eigenvalue weighted by Crippen LogP contribution is -2.64. The fraction of sp³-hybridized carbons (Fsp3) is 0.900. The van der Waals surface area contributed by atoms with Crippen molar-refractivity contribution in [2.75, 3.05) is 13.6 Å². The summed E-state index contributed by atoms with van der Waals surface area (Å²) < 4.78 is 0. The van der Waals surface area contributed by atoms with Crippen LogP contribution < -0.4 is 0 Å². The molecule has 1 amide bonds. The lowest BCUT2D eigenvalue weighted by atomic mass is 9.63. The zero-order chi connectivity index (χ0) is 9.52. The molecule has 1 heterocycles. The second-order valence-corrected chi connectivity index (χ2v) is 4.51. The number of amides is 1. The molecule has 0 bridgehead atoms. The molecule has 0 saturated carbocycles. The Bertz CT molecular complexity index is 188. The van der Waals surface area contributed by atoms with Crippen LogP contribution in [-0.2, 0) is 4.79 Å². The average Bonchev–Trinajstić information content (AvgIpc) is 1.97. The van der Waals surface area contributed by atoms with Gasteiger partial charge in [0.15, 0.2) is 0 Å². The fourth-order valence-corrected chi connectivity index (χ4v) is 2.32. The van der Waals surface area contributed by atoms with Crippen LogP contribution in [0.3, 0.4) is 0 Å². The highest BCUT2D eigenvalue weighted by Crippen LogP contribution is 2.44. The van der Waals surface area contributed by atoms with Gasteiger partial charge < -0.3 is 4.90 Å². The number of hydrogen-bond donors (Lipinski definition) is 0. The standard InChI is InChI=1S/C10H19NO/c1-7(2)10(8(3)4)6-11(5)9(10)12/h7-8H,6H2,1-5H3. The maximum Gasteiger partial charge on any atom is 0.230 e. The first-order valence-electron chi connectivity index (χ1n) is 4.68. The van der Waals surface area contributed by atoms with Gasteiger partial charge >= 0.3 is 0 Å². The lowest BCUT2D eigenvalue weighted by Gasteiger charge is -2.52. The van der Waals surface area contributed by atoms with Crippen molar-refractivity contribution < 1.29 is 4.79 Å². The first kappa shape index (κ1) is 9.56. The van der Waals surface area contributed by atoms with E-state index in [2.05, 4.69) is 27.7 Å². The molecule has 1 fully saturated rings. The first-order chi connectivity index (χ1) is 5.43. The van der Waals surface area contributed by atoms with Gasteiger partial charge in [-0.2, -0.15) is 0 Å². The van der Waals surface area contributed by atoms with E-state index >= 15 is 0 Å². The second kappa shape index (κ2) is 2.75. The number of hydrogen-bond acceptors (Lipinski definition) is 1. The van der Waals surface area contributed by atoms with E-state index in [1.54, 1.807) is 0 Å². The highest BCUT2D eigenvalue weighted by Gasteiger charge is 2.54. The molecule has 1 aliphatic heterocycles. The molecule has 0 aromatic carbocycles. The maximum absolute atomic E-state index is 11.7. The summed E-state index contributed by atoms with van der Waals surface area (Å²) in [5, 5.41) is 0. The molecule has 0 unspecified atom stereocenters. The Morgan fingerprint density at radius 1 is 1.25 bits per heavy atom. The minimum absolute atomic E-state index is 0.0608. The van der Waals surface area contributed by atoms with E-state index in [4.69, 9.17) is 0 Å². The molecule has 0 spiro atoms. The van der Waals surface area contributed by atoms with E-state index in [-0.39, 0.29) is 5.41 Å². The summed E-state index contributed by atoms with van der Waals surface area (Å²) in [5.74, 6) is 1.25.